The Bertz CT molecular complexity index is 315. The smallest absolute Gasteiger partial charge is 0.145 e. The number of Topliss-reactive ketones (excluding diaryl/α,β-unsaturated/α-hetero) is 1. The van der Waals surface area contributed by atoms with Crippen molar-refractivity contribution in [3.8, 4) is 0 Å². The summed E-state index contributed by atoms with van der Waals surface area (Å²) < 4.78 is 0. The van der Waals surface area contributed by atoms with Crippen molar-refractivity contribution < 1.29 is 9.59 Å². The van der Waals surface area contributed by atoms with Crippen LogP contribution in [0, 0.1) is 23.7 Å². The second-order valence-corrected chi connectivity index (χ2v) is 5.72. The molecule has 0 aliphatic heterocycles. The summed E-state index contributed by atoms with van der Waals surface area (Å²) in [7, 11) is 0. The van der Waals surface area contributed by atoms with Gasteiger partial charge in [-0.05, 0) is 43.6 Å². The molecule has 2 heteroatoms. The zero-order chi connectivity index (χ0) is 13.0. The molecule has 0 aromatic carbocycles. The Hall–Kier alpha value is -0.920. The van der Waals surface area contributed by atoms with Crippen molar-refractivity contribution in [2.75, 3.05) is 0 Å². The second kappa shape index (κ2) is 6.13. The molecule has 0 heterocycles. The van der Waals surface area contributed by atoms with Crippen molar-refractivity contribution in [1.29, 1.82) is 0 Å². The van der Waals surface area contributed by atoms with E-state index in [1.807, 2.05) is 6.08 Å². The Kier molecular flexibility index (Phi) is 5.10. The molecular formula is C15H24O2. The van der Waals surface area contributed by atoms with Crippen molar-refractivity contribution in [2.24, 2.45) is 23.7 Å². The predicted molar refractivity (Wildman–Crippen MR) is 69.7 cm³/mol. The van der Waals surface area contributed by atoms with Crippen molar-refractivity contribution in [1.82, 2.24) is 0 Å². The fourth-order valence-corrected chi connectivity index (χ4v) is 2.71. The van der Waals surface area contributed by atoms with Gasteiger partial charge in [0.1, 0.15) is 12.1 Å². The SMILES string of the molecule is CC(C=O)=CCC1C(=O)C(C(C)C)CCC1C. The van der Waals surface area contributed by atoms with E-state index in [9.17, 15) is 9.59 Å². The lowest BCUT2D eigenvalue weighted by molar-refractivity contribution is -0.132. The minimum atomic E-state index is 0.117. The highest BCUT2D eigenvalue weighted by molar-refractivity contribution is 5.85. The fourth-order valence-electron chi connectivity index (χ4n) is 2.71. The zero-order valence-electron chi connectivity index (χ0n) is 11.4. The van der Waals surface area contributed by atoms with Crippen LogP contribution in [-0.4, -0.2) is 12.1 Å². The molecule has 2 nitrogen and oxygen atoms in total. The minimum Gasteiger partial charge on any atom is -0.299 e. The maximum absolute atomic E-state index is 12.4. The van der Waals surface area contributed by atoms with Gasteiger partial charge in [-0.3, -0.25) is 9.59 Å². The molecule has 0 aromatic heterocycles. The summed E-state index contributed by atoms with van der Waals surface area (Å²) in [5.74, 6) is 1.64. The third-order valence-corrected chi connectivity index (χ3v) is 4.04. The summed E-state index contributed by atoms with van der Waals surface area (Å²) in [6.45, 7) is 8.21. The van der Waals surface area contributed by atoms with Crippen LogP contribution in [-0.2, 0) is 9.59 Å². The fraction of sp³-hybridized carbons (Fsp3) is 0.733. The summed E-state index contributed by atoms with van der Waals surface area (Å²) in [5, 5.41) is 0. The van der Waals surface area contributed by atoms with Crippen molar-refractivity contribution in [3.05, 3.63) is 11.6 Å². The first-order valence-electron chi connectivity index (χ1n) is 6.63. The van der Waals surface area contributed by atoms with Crippen LogP contribution in [0.2, 0.25) is 0 Å². The van der Waals surface area contributed by atoms with Crippen LogP contribution in [0.5, 0.6) is 0 Å². The lowest BCUT2D eigenvalue weighted by Crippen LogP contribution is -2.36. The standard InChI is InChI=1S/C15H24O2/c1-10(2)13-8-6-12(4)14(15(13)17)7-5-11(3)9-16/h5,9-10,12-14H,6-8H2,1-4H3. The first-order valence-corrected chi connectivity index (χ1v) is 6.63. The van der Waals surface area contributed by atoms with Gasteiger partial charge in [-0.25, -0.2) is 0 Å². The van der Waals surface area contributed by atoms with Crippen LogP contribution >= 0.6 is 0 Å². The molecule has 1 rings (SSSR count). The van der Waals surface area contributed by atoms with Gasteiger partial charge in [-0.2, -0.15) is 0 Å². The summed E-state index contributed by atoms with van der Waals surface area (Å²) in [6.07, 6.45) is 5.66. The largest absolute Gasteiger partial charge is 0.299 e. The Labute approximate surface area is 104 Å². The van der Waals surface area contributed by atoms with Gasteiger partial charge in [-0.1, -0.05) is 26.8 Å². The van der Waals surface area contributed by atoms with E-state index >= 15 is 0 Å². The molecule has 1 fully saturated rings. The van der Waals surface area contributed by atoms with Gasteiger partial charge in [-0.15, -0.1) is 0 Å². The van der Waals surface area contributed by atoms with E-state index in [0.29, 0.717) is 17.6 Å². The van der Waals surface area contributed by atoms with E-state index in [1.54, 1.807) is 6.92 Å². The average Bonchev–Trinajstić information content (AvgIpc) is 2.27. The quantitative estimate of drug-likeness (QED) is 0.553. The molecule has 17 heavy (non-hydrogen) atoms. The third kappa shape index (κ3) is 3.52. The second-order valence-electron chi connectivity index (χ2n) is 5.72. The van der Waals surface area contributed by atoms with Crippen molar-refractivity contribution >= 4 is 12.1 Å². The first-order chi connectivity index (χ1) is 7.97. The average molecular weight is 236 g/mol. The summed E-state index contributed by atoms with van der Waals surface area (Å²) in [5.41, 5.74) is 0.733. The maximum Gasteiger partial charge on any atom is 0.145 e. The molecule has 0 N–H and O–H groups in total. The van der Waals surface area contributed by atoms with Gasteiger partial charge < -0.3 is 0 Å². The molecule has 3 unspecified atom stereocenters. The van der Waals surface area contributed by atoms with Crippen LogP contribution in [0.4, 0.5) is 0 Å². The molecule has 1 saturated carbocycles. The van der Waals surface area contributed by atoms with Crippen molar-refractivity contribution in [3.63, 3.8) is 0 Å². The Morgan fingerprint density at radius 2 is 2.06 bits per heavy atom. The van der Waals surface area contributed by atoms with E-state index < -0.39 is 0 Å². The van der Waals surface area contributed by atoms with E-state index in [4.69, 9.17) is 0 Å². The van der Waals surface area contributed by atoms with E-state index in [0.717, 1.165) is 31.1 Å². The van der Waals surface area contributed by atoms with Crippen LogP contribution in [0.15, 0.2) is 11.6 Å². The van der Waals surface area contributed by atoms with E-state index in [-0.39, 0.29) is 11.8 Å². The molecule has 1 aliphatic carbocycles. The third-order valence-electron chi connectivity index (χ3n) is 4.04. The Morgan fingerprint density at radius 3 is 2.59 bits per heavy atom. The molecule has 0 amide bonds. The molecule has 96 valence electrons. The zero-order valence-corrected chi connectivity index (χ0v) is 11.4. The molecular weight excluding hydrogens is 212 g/mol. The number of aldehydes is 1. The monoisotopic (exact) mass is 236 g/mol. The van der Waals surface area contributed by atoms with Crippen LogP contribution in [0.25, 0.3) is 0 Å². The number of carbonyl (C=O) groups is 2. The molecule has 0 saturated heterocycles. The van der Waals surface area contributed by atoms with Gasteiger partial charge in [0.15, 0.2) is 0 Å². The van der Waals surface area contributed by atoms with Gasteiger partial charge in [0.2, 0.25) is 0 Å². The predicted octanol–water partition coefficient (Wildman–Crippen LogP) is 3.41. The highest BCUT2D eigenvalue weighted by Gasteiger charge is 2.36. The lowest BCUT2D eigenvalue weighted by atomic mass is 9.69. The normalized spacial score (nSPS) is 30.8. The van der Waals surface area contributed by atoms with Crippen LogP contribution in [0.3, 0.4) is 0 Å². The molecule has 1 aliphatic rings. The van der Waals surface area contributed by atoms with Gasteiger partial charge >= 0.3 is 0 Å². The molecule has 0 radical (unpaired) electrons. The molecule has 0 aromatic rings. The Morgan fingerprint density at radius 1 is 1.41 bits per heavy atom. The van der Waals surface area contributed by atoms with Crippen LogP contribution in [0.1, 0.15) is 47.0 Å². The summed E-state index contributed by atoms with van der Waals surface area (Å²) in [6, 6.07) is 0. The van der Waals surface area contributed by atoms with Gasteiger partial charge in [0, 0.05) is 11.8 Å². The first kappa shape index (κ1) is 14.1. The highest BCUT2D eigenvalue weighted by Crippen LogP contribution is 2.36. The number of ketones is 1. The molecule has 3 atom stereocenters. The van der Waals surface area contributed by atoms with E-state index in [2.05, 4.69) is 20.8 Å². The topological polar surface area (TPSA) is 34.1 Å². The Balaban J connectivity index is 2.73. The number of carbonyl (C=O) groups excluding carboxylic acids is 2. The molecule has 0 spiro atoms. The van der Waals surface area contributed by atoms with Crippen LogP contribution < -0.4 is 0 Å². The lowest BCUT2D eigenvalue weighted by Gasteiger charge is -2.34. The van der Waals surface area contributed by atoms with E-state index in [1.165, 1.54) is 0 Å². The molecule has 0 bridgehead atoms. The summed E-state index contributed by atoms with van der Waals surface area (Å²) >= 11 is 0. The highest BCUT2D eigenvalue weighted by atomic mass is 16.1. The number of rotatable bonds is 4. The van der Waals surface area contributed by atoms with Gasteiger partial charge in [0.25, 0.3) is 0 Å². The van der Waals surface area contributed by atoms with Crippen molar-refractivity contribution in [2.45, 2.75) is 47.0 Å². The minimum absolute atomic E-state index is 0.117. The maximum atomic E-state index is 12.4. The number of hydrogen-bond donors (Lipinski definition) is 0. The number of hydrogen-bond acceptors (Lipinski definition) is 2. The van der Waals surface area contributed by atoms with Gasteiger partial charge in [0.05, 0.1) is 0 Å². The summed E-state index contributed by atoms with van der Waals surface area (Å²) in [4.78, 5) is 22.9. The number of allylic oxidation sites excluding steroid dienone is 2.